The van der Waals surface area contributed by atoms with Gasteiger partial charge in [-0.1, -0.05) is 35.9 Å². The molecule has 134 valence electrons. The Labute approximate surface area is 152 Å². The number of rotatable bonds is 5. The van der Waals surface area contributed by atoms with Gasteiger partial charge in [-0.25, -0.2) is 9.37 Å². The first kappa shape index (κ1) is 17.7. The maximum absolute atomic E-state index is 14.3. The molecule has 0 amide bonds. The Balaban J connectivity index is 1.57. The maximum atomic E-state index is 14.3. The minimum absolute atomic E-state index is 0.287. The third-order valence-corrected chi connectivity index (χ3v) is 4.02. The highest BCUT2D eigenvalue weighted by Gasteiger charge is 2.06. The number of hydrogen-bond donors (Lipinski definition) is 2. The van der Waals surface area contributed by atoms with Gasteiger partial charge in [0.1, 0.15) is 5.82 Å². The van der Waals surface area contributed by atoms with E-state index in [4.69, 9.17) is 0 Å². The van der Waals surface area contributed by atoms with Crippen LogP contribution in [0.15, 0.2) is 66.2 Å². The van der Waals surface area contributed by atoms with Crippen LogP contribution in [0, 0.1) is 12.7 Å². The molecule has 0 saturated carbocycles. The molecule has 1 aromatic heterocycles. The van der Waals surface area contributed by atoms with E-state index in [2.05, 4.69) is 45.7 Å². The van der Waals surface area contributed by atoms with E-state index in [1.807, 2.05) is 12.1 Å². The van der Waals surface area contributed by atoms with E-state index in [1.54, 1.807) is 36.4 Å². The number of benzene rings is 2. The standard InChI is InChI=1S/C20H22FN5/c1-15-4-3-5-16(10-15)12-24-20(22-2)25-13-17-6-7-19(18(21)11-17)26-9-8-23-14-26/h3-11,14H,12-13H2,1-2H3,(H2,22,24,25). The molecule has 0 aliphatic rings. The normalized spacial score (nSPS) is 11.4. The molecule has 0 bridgehead atoms. The summed E-state index contributed by atoms with van der Waals surface area (Å²) in [5, 5.41) is 6.47. The third kappa shape index (κ3) is 4.47. The van der Waals surface area contributed by atoms with Gasteiger partial charge in [-0.3, -0.25) is 4.99 Å². The highest BCUT2D eigenvalue weighted by molar-refractivity contribution is 5.79. The van der Waals surface area contributed by atoms with Crippen molar-refractivity contribution in [2.75, 3.05) is 7.05 Å². The zero-order valence-electron chi connectivity index (χ0n) is 14.9. The Morgan fingerprint density at radius 3 is 2.50 bits per heavy atom. The molecule has 26 heavy (non-hydrogen) atoms. The van der Waals surface area contributed by atoms with E-state index in [9.17, 15) is 4.39 Å². The van der Waals surface area contributed by atoms with Crippen LogP contribution in [0.5, 0.6) is 0 Å². The van der Waals surface area contributed by atoms with Crippen molar-refractivity contribution in [2.24, 2.45) is 4.99 Å². The van der Waals surface area contributed by atoms with Crippen molar-refractivity contribution < 1.29 is 4.39 Å². The second kappa shape index (κ2) is 8.29. The van der Waals surface area contributed by atoms with E-state index in [0.717, 1.165) is 5.56 Å². The van der Waals surface area contributed by atoms with Crippen LogP contribution >= 0.6 is 0 Å². The molecule has 0 fully saturated rings. The zero-order chi connectivity index (χ0) is 18.4. The summed E-state index contributed by atoms with van der Waals surface area (Å²) in [6.45, 7) is 3.22. The Kier molecular flexibility index (Phi) is 5.63. The topological polar surface area (TPSA) is 54.2 Å². The van der Waals surface area contributed by atoms with Crippen LogP contribution in [-0.4, -0.2) is 22.6 Å². The predicted octanol–water partition coefficient (Wildman–Crippen LogP) is 3.19. The second-order valence-electron chi connectivity index (χ2n) is 6.02. The Hall–Kier alpha value is -3.15. The van der Waals surface area contributed by atoms with Gasteiger partial charge >= 0.3 is 0 Å². The molecule has 0 aliphatic carbocycles. The van der Waals surface area contributed by atoms with Gasteiger partial charge in [0.25, 0.3) is 0 Å². The van der Waals surface area contributed by atoms with Crippen LogP contribution < -0.4 is 10.6 Å². The quantitative estimate of drug-likeness (QED) is 0.548. The van der Waals surface area contributed by atoms with E-state index >= 15 is 0 Å². The molecule has 0 spiro atoms. The number of hydrogen-bond acceptors (Lipinski definition) is 2. The van der Waals surface area contributed by atoms with Crippen molar-refractivity contribution in [1.29, 1.82) is 0 Å². The first-order valence-electron chi connectivity index (χ1n) is 8.42. The summed E-state index contributed by atoms with van der Waals surface area (Å²) in [6, 6.07) is 13.5. The molecule has 3 rings (SSSR count). The maximum Gasteiger partial charge on any atom is 0.191 e. The summed E-state index contributed by atoms with van der Waals surface area (Å²) in [6.07, 6.45) is 4.92. The summed E-state index contributed by atoms with van der Waals surface area (Å²) in [5.41, 5.74) is 3.72. The number of aliphatic imine (C=N–C) groups is 1. The van der Waals surface area contributed by atoms with Gasteiger partial charge in [0.05, 0.1) is 12.0 Å². The van der Waals surface area contributed by atoms with Crippen LogP contribution in [0.4, 0.5) is 4.39 Å². The first-order valence-corrected chi connectivity index (χ1v) is 8.42. The summed E-state index contributed by atoms with van der Waals surface area (Å²) in [4.78, 5) is 8.15. The Bertz CT molecular complexity index is 887. The number of nitrogens with one attached hydrogen (secondary N) is 2. The van der Waals surface area contributed by atoms with Gasteiger partial charge in [0, 0.05) is 32.5 Å². The minimum atomic E-state index is -0.287. The smallest absolute Gasteiger partial charge is 0.191 e. The van der Waals surface area contributed by atoms with E-state index in [-0.39, 0.29) is 5.82 Å². The van der Waals surface area contributed by atoms with Gasteiger partial charge in [0.15, 0.2) is 5.96 Å². The number of nitrogens with zero attached hydrogens (tertiary/aromatic N) is 3. The number of imidazole rings is 1. The summed E-state index contributed by atoms with van der Waals surface area (Å²) < 4.78 is 16.0. The SMILES string of the molecule is CN=C(NCc1cccc(C)c1)NCc1ccc(-n2ccnc2)c(F)c1. The summed E-state index contributed by atoms with van der Waals surface area (Å²) >= 11 is 0. The molecule has 2 aromatic carbocycles. The zero-order valence-corrected chi connectivity index (χ0v) is 14.9. The lowest BCUT2D eigenvalue weighted by Gasteiger charge is -2.13. The van der Waals surface area contributed by atoms with Crippen LogP contribution in [0.25, 0.3) is 5.69 Å². The molecule has 0 unspecified atom stereocenters. The van der Waals surface area contributed by atoms with Crippen molar-refractivity contribution in [1.82, 2.24) is 20.2 Å². The summed E-state index contributed by atoms with van der Waals surface area (Å²) in [5.74, 6) is 0.385. The van der Waals surface area contributed by atoms with Gasteiger partial charge in [-0.2, -0.15) is 0 Å². The van der Waals surface area contributed by atoms with Crippen LogP contribution in [0.3, 0.4) is 0 Å². The summed E-state index contributed by atoms with van der Waals surface area (Å²) in [7, 11) is 1.72. The Morgan fingerprint density at radius 1 is 1.12 bits per heavy atom. The molecule has 6 heteroatoms. The largest absolute Gasteiger partial charge is 0.352 e. The van der Waals surface area contributed by atoms with Gasteiger partial charge in [-0.05, 0) is 30.2 Å². The van der Waals surface area contributed by atoms with Crippen molar-refractivity contribution in [3.63, 3.8) is 0 Å². The lowest BCUT2D eigenvalue weighted by atomic mass is 10.1. The molecule has 0 aliphatic heterocycles. The Morgan fingerprint density at radius 2 is 1.88 bits per heavy atom. The van der Waals surface area contributed by atoms with Crippen LogP contribution in [0.1, 0.15) is 16.7 Å². The van der Waals surface area contributed by atoms with Crippen LogP contribution in [0.2, 0.25) is 0 Å². The fourth-order valence-electron chi connectivity index (χ4n) is 2.69. The molecule has 2 N–H and O–H groups in total. The monoisotopic (exact) mass is 351 g/mol. The number of aryl methyl sites for hydroxylation is 1. The number of aromatic nitrogens is 2. The molecule has 3 aromatic rings. The average Bonchev–Trinajstić information content (AvgIpc) is 3.16. The molecule has 1 heterocycles. The average molecular weight is 351 g/mol. The highest BCUT2D eigenvalue weighted by Crippen LogP contribution is 2.14. The van der Waals surface area contributed by atoms with Gasteiger partial charge < -0.3 is 15.2 Å². The fraction of sp³-hybridized carbons (Fsp3) is 0.200. The van der Waals surface area contributed by atoms with E-state index in [1.165, 1.54) is 17.2 Å². The molecule has 0 saturated heterocycles. The second-order valence-corrected chi connectivity index (χ2v) is 6.02. The lowest BCUT2D eigenvalue weighted by Crippen LogP contribution is -2.36. The van der Waals surface area contributed by atoms with Crippen molar-refractivity contribution in [3.05, 3.63) is 83.7 Å². The van der Waals surface area contributed by atoms with Crippen molar-refractivity contribution >= 4 is 5.96 Å². The molecule has 5 nitrogen and oxygen atoms in total. The number of guanidine groups is 1. The van der Waals surface area contributed by atoms with Gasteiger partial charge in [-0.15, -0.1) is 0 Å². The van der Waals surface area contributed by atoms with Crippen molar-refractivity contribution in [3.8, 4) is 5.69 Å². The minimum Gasteiger partial charge on any atom is -0.352 e. The lowest BCUT2D eigenvalue weighted by molar-refractivity contribution is 0.615. The molecular formula is C20H22FN5. The molecular weight excluding hydrogens is 329 g/mol. The highest BCUT2D eigenvalue weighted by atomic mass is 19.1. The van der Waals surface area contributed by atoms with Gasteiger partial charge in [0.2, 0.25) is 0 Å². The van der Waals surface area contributed by atoms with E-state index in [0.29, 0.717) is 24.7 Å². The predicted molar refractivity (Wildman–Crippen MR) is 102 cm³/mol. The number of halogens is 1. The van der Waals surface area contributed by atoms with Crippen molar-refractivity contribution in [2.45, 2.75) is 20.0 Å². The first-order chi connectivity index (χ1) is 12.7. The third-order valence-electron chi connectivity index (χ3n) is 4.02. The van der Waals surface area contributed by atoms with Crippen LogP contribution in [-0.2, 0) is 13.1 Å². The molecule has 0 radical (unpaired) electrons. The van der Waals surface area contributed by atoms with E-state index < -0.39 is 0 Å². The molecule has 0 atom stereocenters. The fourth-order valence-corrected chi connectivity index (χ4v) is 2.69.